The number of nitrogens with zero attached hydrogens (tertiary/aromatic N) is 3. The van der Waals surface area contributed by atoms with Gasteiger partial charge in [-0.2, -0.15) is 13.2 Å². The van der Waals surface area contributed by atoms with E-state index in [0.29, 0.717) is 24.6 Å². The Morgan fingerprint density at radius 3 is 2.64 bits per heavy atom. The van der Waals surface area contributed by atoms with Crippen LogP contribution >= 0.6 is 35.3 Å². The summed E-state index contributed by atoms with van der Waals surface area (Å²) in [5.74, 6) is 0.518. The molecule has 0 aliphatic heterocycles. The first-order chi connectivity index (χ1) is 12.8. The van der Waals surface area contributed by atoms with Crippen LogP contribution in [0.3, 0.4) is 0 Å². The third-order valence-electron chi connectivity index (χ3n) is 3.43. The van der Waals surface area contributed by atoms with Crippen molar-refractivity contribution in [3.63, 3.8) is 0 Å². The van der Waals surface area contributed by atoms with Crippen molar-refractivity contribution in [1.29, 1.82) is 0 Å². The summed E-state index contributed by atoms with van der Waals surface area (Å²) < 4.78 is 41.4. The second kappa shape index (κ2) is 11.4. The maximum absolute atomic E-state index is 12.2. The molecular formula is C17H23F3IN5OS. The summed E-state index contributed by atoms with van der Waals surface area (Å²) >= 11 is 1.63. The van der Waals surface area contributed by atoms with Crippen LogP contribution in [-0.2, 0) is 13.1 Å². The van der Waals surface area contributed by atoms with E-state index in [9.17, 15) is 13.2 Å². The molecule has 0 amide bonds. The van der Waals surface area contributed by atoms with Gasteiger partial charge in [0.25, 0.3) is 0 Å². The normalized spacial score (nSPS) is 11.7. The van der Waals surface area contributed by atoms with Crippen LogP contribution in [-0.4, -0.2) is 35.3 Å². The van der Waals surface area contributed by atoms with Gasteiger partial charge in [-0.25, -0.2) is 15.0 Å². The predicted molar refractivity (Wildman–Crippen MR) is 114 cm³/mol. The fourth-order valence-electron chi connectivity index (χ4n) is 2.07. The molecule has 0 saturated carbocycles. The molecule has 0 spiro atoms. The van der Waals surface area contributed by atoms with Gasteiger partial charge >= 0.3 is 6.18 Å². The molecule has 0 atom stereocenters. The fraction of sp³-hybridized carbons (Fsp3) is 0.471. The lowest BCUT2D eigenvalue weighted by Gasteiger charge is -2.11. The number of pyridine rings is 1. The predicted octanol–water partition coefficient (Wildman–Crippen LogP) is 3.97. The van der Waals surface area contributed by atoms with Crippen molar-refractivity contribution in [2.45, 2.75) is 40.0 Å². The Morgan fingerprint density at radius 2 is 2.04 bits per heavy atom. The molecule has 2 aromatic heterocycles. The van der Waals surface area contributed by atoms with Gasteiger partial charge in [-0.1, -0.05) is 0 Å². The largest absolute Gasteiger partial charge is 0.468 e. The van der Waals surface area contributed by atoms with E-state index in [1.165, 1.54) is 17.1 Å². The van der Waals surface area contributed by atoms with E-state index in [4.69, 9.17) is 0 Å². The summed E-state index contributed by atoms with van der Waals surface area (Å²) in [6, 6.07) is 3.13. The molecule has 156 valence electrons. The fourth-order valence-corrected chi connectivity index (χ4v) is 2.94. The molecule has 0 bridgehead atoms. The summed E-state index contributed by atoms with van der Waals surface area (Å²) in [4.78, 5) is 13.9. The maximum atomic E-state index is 12.2. The van der Waals surface area contributed by atoms with Gasteiger partial charge in [-0.15, -0.1) is 35.3 Å². The highest BCUT2D eigenvalue weighted by Gasteiger charge is 2.28. The van der Waals surface area contributed by atoms with Crippen LogP contribution in [0.5, 0.6) is 5.88 Å². The van der Waals surface area contributed by atoms with Crippen LogP contribution < -0.4 is 15.4 Å². The van der Waals surface area contributed by atoms with Gasteiger partial charge in [0.1, 0.15) is 5.01 Å². The molecule has 0 aliphatic carbocycles. The number of aryl methyl sites for hydroxylation is 2. The molecule has 0 aromatic carbocycles. The first-order valence-electron chi connectivity index (χ1n) is 8.36. The van der Waals surface area contributed by atoms with E-state index < -0.39 is 12.8 Å². The van der Waals surface area contributed by atoms with Gasteiger partial charge in [-0.3, -0.25) is 0 Å². The molecule has 0 fully saturated rings. The van der Waals surface area contributed by atoms with Crippen LogP contribution in [0.25, 0.3) is 0 Å². The van der Waals surface area contributed by atoms with Crippen LogP contribution in [0.15, 0.2) is 23.3 Å². The Hall–Kier alpha value is -1.63. The van der Waals surface area contributed by atoms with Crippen molar-refractivity contribution >= 4 is 41.3 Å². The minimum Gasteiger partial charge on any atom is -0.468 e. The van der Waals surface area contributed by atoms with Crippen molar-refractivity contribution in [1.82, 2.24) is 20.6 Å². The number of rotatable bonds is 7. The Morgan fingerprint density at radius 1 is 1.29 bits per heavy atom. The van der Waals surface area contributed by atoms with Crippen LogP contribution in [0.4, 0.5) is 13.2 Å². The average molecular weight is 529 g/mol. The number of ether oxygens (including phenoxy) is 1. The topological polar surface area (TPSA) is 71.4 Å². The van der Waals surface area contributed by atoms with Crippen LogP contribution in [0.2, 0.25) is 0 Å². The molecular weight excluding hydrogens is 506 g/mol. The first kappa shape index (κ1) is 24.4. The van der Waals surface area contributed by atoms with Crippen molar-refractivity contribution in [3.05, 3.63) is 39.5 Å². The average Bonchev–Trinajstić information content (AvgIpc) is 2.93. The molecule has 2 N–H and O–H groups in total. The lowest BCUT2D eigenvalue weighted by molar-refractivity contribution is -0.154. The van der Waals surface area contributed by atoms with E-state index in [1.807, 2.05) is 20.8 Å². The number of alkyl halides is 3. The Bertz CT molecular complexity index is 763. The Balaban J connectivity index is 0.00000392. The number of halogens is 4. The number of thiazole rings is 1. The molecule has 11 heteroatoms. The van der Waals surface area contributed by atoms with Crippen molar-refractivity contribution in [3.8, 4) is 5.88 Å². The van der Waals surface area contributed by atoms with Crippen molar-refractivity contribution in [2.24, 2.45) is 4.99 Å². The molecule has 6 nitrogen and oxygen atoms in total. The first-order valence-corrected chi connectivity index (χ1v) is 9.18. The molecule has 2 aromatic rings. The summed E-state index contributed by atoms with van der Waals surface area (Å²) in [7, 11) is 0. The molecule has 28 heavy (non-hydrogen) atoms. The zero-order chi connectivity index (χ0) is 19.9. The highest BCUT2D eigenvalue weighted by atomic mass is 127. The Kier molecular flexibility index (Phi) is 9.93. The number of nitrogens with one attached hydrogen (secondary N) is 2. The highest BCUT2D eigenvalue weighted by molar-refractivity contribution is 14.0. The second-order valence-corrected chi connectivity index (χ2v) is 6.99. The smallest absolute Gasteiger partial charge is 0.422 e. The molecule has 0 unspecified atom stereocenters. The van der Waals surface area contributed by atoms with Gasteiger partial charge in [-0.05, 0) is 32.4 Å². The maximum Gasteiger partial charge on any atom is 0.422 e. The molecule has 0 saturated heterocycles. The highest BCUT2D eigenvalue weighted by Crippen LogP contribution is 2.18. The number of hydrogen-bond acceptors (Lipinski definition) is 5. The summed E-state index contributed by atoms with van der Waals surface area (Å²) in [6.45, 7) is 6.07. The minimum absolute atomic E-state index is 0. The third-order valence-corrected chi connectivity index (χ3v) is 4.50. The van der Waals surface area contributed by atoms with Crippen molar-refractivity contribution in [2.75, 3.05) is 13.2 Å². The number of hydrogen-bond donors (Lipinski definition) is 2. The van der Waals surface area contributed by atoms with Gasteiger partial charge in [0.15, 0.2) is 12.6 Å². The zero-order valence-corrected chi connectivity index (χ0v) is 18.9. The summed E-state index contributed by atoms with van der Waals surface area (Å²) in [6.07, 6.45) is -3.00. The van der Waals surface area contributed by atoms with Crippen LogP contribution in [0, 0.1) is 13.8 Å². The van der Waals surface area contributed by atoms with Crippen molar-refractivity contribution < 1.29 is 17.9 Å². The quantitative estimate of drug-likeness (QED) is 0.323. The monoisotopic (exact) mass is 529 g/mol. The van der Waals surface area contributed by atoms with E-state index in [2.05, 4.69) is 30.3 Å². The molecule has 0 radical (unpaired) electrons. The number of aliphatic imine (C=N–C) groups is 1. The van der Waals surface area contributed by atoms with Gasteiger partial charge < -0.3 is 15.4 Å². The van der Waals surface area contributed by atoms with E-state index >= 15 is 0 Å². The standard InChI is InChI=1S/C17H22F3N5OS.HI/c1-4-21-16(24-9-15-25-11(2)12(3)27-15)23-8-13-5-6-22-14(7-13)26-10-17(18,19)20;/h5-7H,4,8-10H2,1-3H3,(H2,21,23,24);1H. The number of guanidine groups is 1. The minimum atomic E-state index is -4.40. The molecule has 0 aliphatic rings. The van der Waals surface area contributed by atoms with E-state index in [-0.39, 0.29) is 36.4 Å². The zero-order valence-electron chi connectivity index (χ0n) is 15.8. The van der Waals surface area contributed by atoms with Crippen LogP contribution in [0.1, 0.15) is 28.1 Å². The lowest BCUT2D eigenvalue weighted by Crippen LogP contribution is -2.36. The SMILES string of the molecule is CCNC(=NCc1ccnc(OCC(F)(F)F)c1)NCc1nc(C)c(C)s1.I. The van der Waals surface area contributed by atoms with Gasteiger partial charge in [0, 0.05) is 23.7 Å². The molecule has 2 heterocycles. The summed E-state index contributed by atoms with van der Waals surface area (Å²) in [5, 5.41) is 7.28. The van der Waals surface area contributed by atoms with Gasteiger partial charge in [0.2, 0.25) is 5.88 Å². The second-order valence-electron chi connectivity index (χ2n) is 5.70. The lowest BCUT2D eigenvalue weighted by atomic mass is 10.3. The summed E-state index contributed by atoms with van der Waals surface area (Å²) in [5.41, 5.74) is 1.71. The Labute approximate surface area is 183 Å². The number of aromatic nitrogens is 2. The van der Waals surface area contributed by atoms with E-state index in [1.54, 1.807) is 17.4 Å². The van der Waals surface area contributed by atoms with E-state index in [0.717, 1.165) is 10.7 Å². The molecule has 2 rings (SSSR count). The van der Waals surface area contributed by atoms with Gasteiger partial charge in [0.05, 0.1) is 18.8 Å². The third kappa shape index (κ3) is 8.59.